The molecule has 5 nitrogen and oxygen atoms in total. The fourth-order valence-corrected chi connectivity index (χ4v) is 2.67. The average molecular weight is 348 g/mol. The Kier molecular flexibility index (Phi) is 3.90. The van der Waals surface area contributed by atoms with Gasteiger partial charge >= 0.3 is 0 Å². The molecule has 0 saturated carbocycles. The number of hydrogen-bond donors (Lipinski definition) is 1. The van der Waals surface area contributed by atoms with Gasteiger partial charge in [-0.25, -0.2) is 4.52 Å². The Morgan fingerprint density at radius 2 is 2.24 bits per heavy atom. The topological polar surface area (TPSA) is 59.7 Å². The highest BCUT2D eigenvalue weighted by Crippen LogP contribution is 2.28. The number of aliphatic hydroxyl groups is 1. The molecule has 0 aliphatic heterocycles. The second kappa shape index (κ2) is 5.83. The molecule has 1 N–H and O–H groups in total. The summed E-state index contributed by atoms with van der Waals surface area (Å²) in [5, 5.41) is 14.7. The molecule has 0 fully saturated rings. The number of ether oxygens (including phenoxy) is 1. The van der Waals surface area contributed by atoms with Crippen LogP contribution in [0.4, 0.5) is 0 Å². The van der Waals surface area contributed by atoms with Gasteiger partial charge in [0.05, 0.1) is 31.1 Å². The predicted molar refractivity (Wildman–Crippen MR) is 82.3 cm³/mol. The van der Waals surface area contributed by atoms with Crippen molar-refractivity contribution in [3.05, 3.63) is 58.6 Å². The number of fused-ring (bicyclic) bond motifs is 1. The van der Waals surface area contributed by atoms with E-state index in [2.05, 4.69) is 26.0 Å². The summed E-state index contributed by atoms with van der Waals surface area (Å²) in [7, 11) is 1.63. The first-order valence-electron chi connectivity index (χ1n) is 6.47. The molecule has 0 bridgehead atoms. The van der Waals surface area contributed by atoms with Crippen molar-refractivity contribution < 1.29 is 9.84 Å². The van der Waals surface area contributed by atoms with E-state index in [1.54, 1.807) is 36.4 Å². The van der Waals surface area contributed by atoms with E-state index in [4.69, 9.17) is 4.74 Å². The molecule has 1 atom stereocenters. The number of nitrogens with zero attached hydrogens (tertiary/aromatic N) is 3. The van der Waals surface area contributed by atoms with E-state index in [1.807, 2.05) is 18.2 Å². The predicted octanol–water partition coefficient (Wildman–Crippen LogP) is 2.78. The largest absolute Gasteiger partial charge is 0.497 e. The molecule has 0 spiro atoms. The van der Waals surface area contributed by atoms with Gasteiger partial charge in [-0.15, -0.1) is 0 Å². The standard InChI is InChI=1S/C15H14BrN3O2/c1-21-11-2-3-13(16)10(6-11)7-15(20)12-8-18-19-5-4-17-9-14(12)19/h2-6,8-9,15,20H,7H2,1H3. The normalized spacial score (nSPS) is 12.5. The van der Waals surface area contributed by atoms with E-state index in [1.165, 1.54) is 0 Å². The van der Waals surface area contributed by atoms with Gasteiger partial charge in [0.2, 0.25) is 0 Å². The molecule has 6 heteroatoms. The fraction of sp³-hybridized carbons (Fsp3) is 0.200. The first-order valence-corrected chi connectivity index (χ1v) is 7.26. The first-order chi connectivity index (χ1) is 10.2. The van der Waals surface area contributed by atoms with Crippen molar-refractivity contribution in [2.24, 2.45) is 0 Å². The summed E-state index contributed by atoms with van der Waals surface area (Å²) in [5.74, 6) is 0.766. The Balaban J connectivity index is 1.91. The van der Waals surface area contributed by atoms with Crippen LogP contribution in [0.15, 0.2) is 47.5 Å². The van der Waals surface area contributed by atoms with Gasteiger partial charge in [-0.1, -0.05) is 15.9 Å². The van der Waals surface area contributed by atoms with Crippen molar-refractivity contribution in [1.29, 1.82) is 0 Å². The van der Waals surface area contributed by atoms with Gasteiger partial charge < -0.3 is 9.84 Å². The maximum Gasteiger partial charge on any atom is 0.119 e. The van der Waals surface area contributed by atoms with Crippen LogP contribution in [0.25, 0.3) is 5.52 Å². The Morgan fingerprint density at radius 1 is 1.38 bits per heavy atom. The van der Waals surface area contributed by atoms with Crippen LogP contribution in [0.5, 0.6) is 5.75 Å². The van der Waals surface area contributed by atoms with Crippen molar-refractivity contribution in [1.82, 2.24) is 14.6 Å². The van der Waals surface area contributed by atoms with E-state index in [0.717, 1.165) is 26.9 Å². The highest BCUT2D eigenvalue weighted by atomic mass is 79.9. The summed E-state index contributed by atoms with van der Waals surface area (Å²) in [4.78, 5) is 4.08. The summed E-state index contributed by atoms with van der Waals surface area (Å²) in [5.41, 5.74) is 2.55. The number of methoxy groups -OCH3 is 1. The zero-order chi connectivity index (χ0) is 14.8. The lowest BCUT2D eigenvalue weighted by molar-refractivity contribution is 0.179. The van der Waals surface area contributed by atoms with Crippen molar-refractivity contribution >= 4 is 21.4 Å². The van der Waals surface area contributed by atoms with E-state index < -0.39 is 6.10 Å². The molecular weight excluding hydrogens is 334 g/mol. The summed E-state index contributed by atoms with van der Waals surface area (Å²) in [6.45, 7) is 0. The smallest absolute Gasteiger partial charge is 0.119 e. The minimum Gasteiger partial charge on any atom is -0.497 e. The highest BCUT2D eigenvalue weighted by Gasteiger charge is 2.16. The lowest BCUT2D eigenvalue weighted by atomic mass is 10.0. The maximum absolute atomic E-state index is 10.5. The van der Waals surface area contributed by atoms with Crippen LogP contribution in [-0.2, 0) is 6.42 Å². The molecule has 1 unspecified atom stereocenters. The summed E-state index contributed by atoms with van der Waals surface area (Å²) < 4.78 is 7.87. The number of benzene rings is 1. The first kappa shape index (κ1) is 14.0. The van der Waals surface area contributed by atoms with Gasteiger partial charge in [0.25, 0.3) is 0 Å². The molecule has 21 heavy (non-hydrogen) atoms. The molecule has 108 valence electrons. The molecule has 2 aromatic heterocycles. The van der Waals surface area contributed by atoms with Crippen molar-refractivity contribution in [3.63, 3.8) is 0 Å². The van der Waals surface area contributed by atoms with E-state index in [0.29, 0.717) is 6.42 Å². The number of aliphatic hydroxyl groups excluding tert-OH is 1. The van der Waals surface area contributed by atoms with Gasteiger partial charge in [0, 0.05) is 28.9 Å². The molecular formula is C15H14BrN3O2. The van der Waals surface area contributed by atoms with Crippen LogP contribution in [-0.4, -0.2) is 26.8 Å². The van der Waals surface area contributed by atoms with Crippen LogP contribution >= 0.6 is 15.9 Å². The maximum atomic E-state index is 10.5. The Bertz CT molecular complexity index is 772. The minimum atomic E-state index is -0.657. The lowest BCUT2D eigenvalue weighted by Gasteiger charge is -2.12. The SMILES string of the molecule is COc1ccc(Br)c(CC(O)c2cnn3ccncc23)c1. The van der Waals surface area contributed by atoms with Gasteiger partial charge in [0.1, 0.15) is 5.75 Å². The Morgan fingerprint density at radius 3 is 3.05 bits per heavy atom. The molecule has 0 aliphatic carbocycles. The third-order valence-electron chi connectivity index (χ3n) is 3.38. The third kappa shape index (κ3) is 2.77. The van der Waals surface area contributed by atoms with Crippen LogP contribution < -0.4 is 4.74 Å². The zero-order valence-electron chi connectivity index (χ0n) is 11.4. The highest BCUT2D eigenvalue weighted by molar-refractivity contribution is 9.10. The van der Waals surface area contributed by atoms with Gasteiger partial charge in [-0.05, 0) is 23.8 Å². The van der Waals surface area contributed by atoms with E-state index in [9.17, 15) is 5.11 Å². The molecule has 2 heterocycles. The Labute approximate surface area is 130 Å². The van der Waals surface area contributed by atoms with Gasteiger partial charge in [-0.3, -0.25) is 4.98 Å². The quantitative estimate of drug-likeness (QED) is 0.788. The molecule has 0 radical (unpaired) electrons. The molecule has 3 aromatic rings. The second-order valence-electron chi connectivity index (χ2n) is 4.68. The second-order valence-corrected chi connectivity index (χ2v) is 5.54. The van der Waals surface area contributed by atoms with E-state index >= 15 is 0 Å². The van der Waals surface area contributed by atoms with Gasteiger partial charge in [-0.2, -0.15) is 5.10 Å². The molecule has 0 amide bonds. The molecule has 0 saturated heterocycles. The summed E-state index contributed by atoms with van der Waals surface area (Å²) in [6, 6.07) is 5.70. The van der Waals surface area contributed by atoms with Gasteiger partial charge in [0.15, 0.2) is 0 Å². The summed E-state index contributed by atoms with van der Waals surface area (Å²) in [6.07, 6.45) is 6.60. The average Bonchev–Trinajstić information content (AvgIpc) is 2.93. The third-order valence-corrected chi connectivity index (χ3v) is 4.15. The van der Waals surface area contributed by atoms with Crippen molar-refractivity contribution in [2.45, 2.75) is 12.5 Å². The van der Waals surface area contributed by atoms with Crippen molar-refractivity contribution in [2.75, 3.05) is 7.11 Å². The summed E-state index contributed by atoms with van der Waals surface area (Å²) >= 11 is 3.50. The van der Waals surface area contributed by atoms with Crippen LogP contribution in [0.2, 0.25) is 0 Å². The van der Waals surface area contributed by atoms with E-state index in [-0.39, 0.29) is 0 Å². The van der Waals surface area contributed by atoms with Crippen molar-refractivity contribution in [3.8, 4) is 5.75 Å². The van der Waals surface area contributed by atoms with Crippen LogP contribution in [0.1, 0.15) is 17.2 Å². The number of halogens is 1. The molecule has 0 aliphatic rings. The number of rotatable bonds is 4. The lowest BCUT2D eigenvalue weighted by Crippen LogP contribution is -2.03. The number of aromatic nitrogens is 3. The monoisotopic (exact) mass is 347 g/mol. The molecule has 3 rings (SSSR count). The zero-order valence-corrected chi connectivity index (χ0v) is 13.0. The van der Waals surface area contributed by atoms with Crippen LogP contribution in [0.3, 0.4) is 0 Å². The number of hydrogen-bond acceptors (Lipinski definition) is 4. The fourth-order valence-electron chi connectivity index (χ4n) is 2.26. The van der Waals surface area contributed by atoms with Crippen LogP contribution in [0, 0.1) is 0 Å². The minimum absolute atomic E-state index is 0.466. The Hall–Kier alpha value is -1.92. The molecule has 1 aromatic carbocycles.